The molecule has 156 valence electrons. The van der Waals surface area contributed by atoms with Crippen molar-refractivity contribution in [2.24, 2.45) is 0 Å². The Morgan fingerprint density at radius 1 is 1.07 bits per heavy atom. The number of thiophene rings is 1. The lowest BCUT2D eigenvalue weighted by Gasteiger charge is -2.10. The van der Waals surface area contributed by atoms with Gasteiger partial charge in [-0.25, -0.2) is 19.3 Å². The van der Waals surface area contributed by atoms with Crippen molar-refractivity contribution in [2.75, 3.05) is 26.1 Å². The van der Waals surface area contributed by atoms with Gasteiger partial charge >= 0.3 is 0 Å². The van der Waals surface area contributed by atoms with E-state index in [1.54, 1.807) is 14.2 Å². The van der Waals surface area contributed by atoms with Crippen molar-refractivity contribution in [3.63, 3.8) is 0 Å². The van der Waals surface area contributed by atoms with Crippen molar-refractivity contribution < 1.29 is 13.9 Å². The summed E-state index contributed by atoms with van der Waals surface area (Å²) in [6, 6.07) is 7.38. The molecule has 3 heterocycles. The standard InChI is InChI=1S/C22H23FN4O2S/c1-4-5-14-11-15(23)18-19-20(30-22(18)27-14)21(26-12-25-19)24-9-8-13-6-7-16(28-2)17(10-13)29-3/h6-7,10-12H,4-5,8-9H2,1-3H3,(H,24,25,26). The number of benzene rings is 1. The number of fused-ring (bicyclic) bond motifs is 3. The van der Waals surface area contributed by atoms with Gasteiger partial charge in [-0.1, -0.05) is 19.4 Å². The highest BCUT2D eigenvalue weighted by molar-refractivity contribution is 7.25. The molecule has 4 rings (SSSR count). The highest BCUT2D eigenvalue weighted by Crippen LogP contribution is 2.36. The molecular weight excluding hydrogens is 403 g/mol. The lowest BCUT2D eigenvalue weighted by molar-refractivity contribution is 0.354. The predicted octanol–water partition coefficient (Wildman–Crippen LogP) is 5.00. The third kappa shape index (κ3) is 3.87. The van der Waals surface area contributed by atoms with Crippen LogP contribution in [0.15, 0.2) is 30.6 Å². The van der Waals surface area contributed by atoms with Gasteiger partial charge in [-0.15, -0.1) is 11.3 Å². The number of ether oxygens (including phenoxy) is 2. The monoisotopic (exact) mass is 426 g/mol. The minimum Gasteiger partial charge on any atom is -0.493 e. The maximum Gasteiger partial charge on any atom is 0.160 e. The summed E-state index contributed by atoms with van der Waals surface area (Å²) in [5.41, 5.74) is 2.48. The van der Waals surface area contributed by atoms with Crippen LogP contribution in [0.1, 0.15) is 24.6 Å². The van der Waals surface area contributed by atoms with Gasteiger partial charge in [-0.3, -0.25) is 0 Å². The lowest BCUT2D eigenvalue weighted by atomic mass is 10.1. The Labute approximate surface area is 178 Å². The van der Waals surface area contributed by atoms with Crippen molar-refractivity contribution in [3.8, 4) is 11.5 Å². The number of pyridine rings is 1. The summed E-state index contributed by atoms with van der Waals surface area (Å²) in [7, 11) is 3.24. The quantitative estimate of drug-likeness (QED) is 0.427. The van der Waals surface area contributed by atoms with E-state index in [1.165, 1.54) is 23.7 Å². The second kappa shape index (κ2) is 8.79. The number of hydrogen-bond acceptors (Lipinski definition) is 7. The largest absolute Gasteiger partial charge is 0.493 e. The minimum atomic E-state index is -0.273. The molecule has 0 saturated heterocycles. The first kappa shape index (κ1) is 20.3. The van der Waals surface area contributed by atoms with Crippen LogP contribution < -0.4 is 14.8 Å². The zero-order chi connectivity index (χ0) is 21.1. The van der Waals surface area contributed by atoms with E-state index in [0.29, 0.717) is 39.6 Å². The maximum atomic E-state index is 14.7. The number of nitrogens with one attached hydrogen (secondary N) is 1. The maximum absolute atomic E-state index is 14.7. The van der Waals surface area contributed by atoms with Crippen molar-refractivity contribution in [3.05, 3.63) is 47.7 Å². The third-order valence-electron chi connectivity index (χ3n) is 4.89. The molecule has 0 spiro atoms. The number of nitrogens with zero attached hydrogens (tertiary/aromatic N) is 3. The van der Waals surface area contributed by atoms with Gasteiger partial charge in [0, 0.05) is 12.2 Å². The van der Waals surface area contributed by atoms with Crippen LogP contribution in [0, 0.1) is 5.82 Å². The summed E-state index contributed by atoms with van der Waals surface area (Å²) < 4.78 is 26.2. The molecule has 0 amide bonds. The molecule has 1 aromatic carbocycles. The normalized spacial score (nSPS) is 11.2. The Morgan fingerprint density at radius 2 is 1.90 bits per heavy atom. The first-order chi connectivity index (χ1) is 14.6. The number of rotatable bonds is 8. The lowest BCUT2D eigenvalue weighted by Crippen LogP contribution is -2.07. The third-order valence-corrected chi connectivity index (χ3v) is 5.97. The van der Waals surface area contributed by atoms with Crippen LogP contribution in [0.5, 0.6) is 11.5 Å². The molecule has 0 radical (unpaired) electrons. The first-order valence-corrected chi connectivity index (χ1v) is 10.6. The predicted molar refractivity (Wildman–Crippen MR) is 118 cm³/mol. The first-order valence-electron chi connectivity index (χ1n) is 9.82. The van der Waals surface area contributed by atoms with Gasteiger partial charge in [-0.2, -0.15) is 0 Å². The molecular formula is C22H23FN4O2S. The number of aromatic nitrogens is 3. The Kier molecular flexibility index (Phi) is 5.94. The van der Waals surface area contributed by atoms with Crippen molar-refractivity contribution in [1.29, 1.82) is 0 Å². The molecule has 0 fully saturated rings. The van der Waals surface area contributed by atoms with Gasteiger partial charge in [0.2, 0.25) is 0 Å². The number of methoxy groups -OCH3 is 2. The zero-order valence-electron chi connectivity index (χ0n) is 17.2. The Balaban J connectivity index is 1.58. The van der Waals surface area contributed by atoms with E-state index in [2.05, 4.69) is 27.2 Å². The molecule has 0 atom stereocenters. The number of anilines is 1. The molecule has 0 bridgehead atoms. The van der Waals surface area contributed by atoms with Gasteiger partial charge in [0.1, 0.15) is 22.8 Å². The summed E-state index contributed by atoms with van der Waals surface area (Å²) in [6.45, 7) is 2.72. The summed E-state index contributed by atoms with van der Waals surface area (Å²) in [5.74, 6) is 1.83. The van der Waals surface area contributed by atoms with E-state index in [4.69, 9.17) is 9.47 Å². The molecule has 4 aromatic rings. The van der Waals surface area contributed by atoms with Gasteiger partial charge in [0.05, 0.1) is 29.8 Å². The smallest absolute Gasteiger partial charge is 0.160 e. The van der Waals surface area contributed by atoms with Crippen molar-refractivity contribution >= 4 is 37.6 Å². The fraction of sp³-hybridized carbons (Fsp3) is 0.318. The average molecular weight is 427 g/mol. The molecule has 30 heavy (non-hydrogen) atoms. The molecule has 0 aliphatic rings. The van der Waals surface area contributed by atoms with Crippen LogP contribution in [-0.4, -0.2) is 35.7 Å². The molecule has 3 aromatic heterocycles. The minimum absolute atomic E-state index is 0.273. The van der Waals surface area contributed by atoms with Crippen LogP contribution >= 0.6 is 11.3 Å². The van der Waals surface area contributed by atoms with Gasteiger partial charge < -0.3 is 14.8 Å². The molecule has 8 heteroatoms. The highest BCUT2D eigenvalue weighted by Gasteiger charge is 2.17. The zero-order valence-corrected chi connectivity index (χ0v) is 18.0. The van der Waals surface area contributed by atoms with Crippen LogP contribution in [0.3, 0.4) is 0 Å². The summed E-state index contributed by atoms with van der Waals surface area (Å²) in [4.78, 5) is 14.0. The fourth-order valence-corrected chi connectivity index (χ4v) is 4.57. The van der Waals surface area contributed by atoms with Crippen molar-refractivity contribution in [2.45, 2.75) is 26.2 Å². The molecule has 0 aliphatic heterocycles. The molecule has 1 N–H and O–H groups in total. The Hall–Kier alpha value is -3.00. The van der Waals surface area contributed by atoms with E-state index in [0.717, 1.165) is 35.2 Å². The van der Waals surface area contributed by atoms with Gasteiger partial charge in [0.25, 0.3) is 0 Å². The molecule has 0 unspecified atom stereocenters. The van der Waals surface area contributed by atoms with E-state index in [9.17, 15) is 4.39 Å². The number of hydrogen-bond donors (Lipinski definition) is 1. The van der Waals surface area contributed by atoms with Crippen molar-refractivity contribution in [1.82, 2.24) is 15.0 Å². The second-order valence-corrected chi connectivity index (χ2v) is 7.89. The van der Waals surface area contributed by atoms with Crippen LogP contribution in [0.25, 0.3) is 20.4 Å². The molecule has 0 aliphatic carbocycles. The fourth-order valence-electron chi connectivity index (χ4n) is 3.44. The second-order valence-electron chi connectivity index (χ2n) is 6.89. The van der Waals surface area contributed by atoms with Crippen LogP contribution in [0.2, 0.25) is 0 Å². The van der Waals surface area contributed by atoms with E-state index < -0.39 is 0 Å². The number of aryl methyl sites for hydroxylation is 1. The highest BCUT2D eigenvalue weighted by atomic mass is 32.1. The summed E-state index contributed by atoms with van der Waals surface area (Å²) in [5, 5.41) is 3.83. The Morgan fingerprint density at radius 3 is 2.67 bits per heavy atom. The topological polar surface area (TPSA) is 69.2 Å². The molecule has 0 saturated carbocycles. The van der Waals surface area contributed by atoms with E-state index in [1.807, 2.05) is 18.2 Å². The average Bonchev–Trinajstić information content (AvgIpc) is 3.13. The van der Waals surface area contributed by atoms with Gasteiger partial charge in [-0.05, 0) is 36.6 Å². The van der Waals surface area contributed by atoms with E-state index in [-0.39, 0.29) is 5.82 Å². The summed E-state index contributed by atoms with van der Waals surface area (Å²) >= 11 is 1.42. The van der Waals surface area contributed by atoms with Crippen LogP contribution in [0.4, 0.5) is 10.2 Å². The van der Waals surface area contributed by atoms with Crippen LogP contribution in [-0.2, 0) is 12.8 Å². The molecule has 6 nitrogen and oxygen atoms in total. The summed E-state index contributed by atoms with van der Waals surface area (Å²) in [6.07, 6.45) is 3.91. The number of halogens is 1. The van der Waals surface area contributed by atoms with E-state index >= 15 is 0 Å². The van der Waals surface area contributed by atoms with Gasteiger partial charge in [0.15, 0.2) is 11.5 Å². The Bertz CT molecular complexity index is 1190. The SMILES string of the molecule is CCCc1cc(F)c2c(n1)sc1c(NCCc3ccc(OC)c(OC)c3)ncnc12.